The molecular formula is C20H19ClF2N2O4. The van der Waals surface area contributed by atoms with Gasteiger partial charge < -0.3 is 9.47 Å². The van der Waals surface area contributed by atoms with Gasteiger partial charge in [-0.3, -0.25) is 5.32 Å². The number of benzene rings is 1. The van der Waals surface area contributed by atoms with Crippen LogP contribution in [-0.2, 0) is 9.47 Å². The van der Waals surface area contributed by atoms with Gasteiger partial charge in [-0.25, -0.2) is 23.4 Å². The maximum Gasteiger partial charge on any atom is 0.412 e. The van der Waals surface area contributed by atoms with Crippen LogP contribution in [0.4, 0.5) is 19.3 Å². The molecule has 0 aliphatic carbocycles. The summed E-state index contributed by atoms with van der Waals surface area (Å²) in [5.41, 5.74) is -2.83. The van der Waals surface area contributed by atoms with Gasteiger partial charge in [0.2, 0.25) is 0 Å². The second kappa shape index (κ2) is 8.57. The standard InChI is InChI=1S/C20H19ClF2N2O4/c1-10(22)13-16(25-19(27)29-20(2,3)4)14(23)15(24-17(13)18(26)28-5)11-6-8-12(21)9-7-11/h6-9H,1H2,2-5H3,(H,24,25,27). The number of carbonyl (C=O) groups is 2. The molecule has 0 spiro atoms. The second-order valence-electron chi connectivity index (χ2n) is 6.90. The lowest BCUT2D eigenvalue weighted by Gasteiger charge is -2.21. The number of hydrogen-bond donors (Lipinski definition) is 1. The zero-order valence-electron chi connectivity index (χ0n) is 16.2. The van der Waals surface area contributed by atoms with Crippen molar-refractivity contribution in [1.82, 2.24) is 4.98 Å². The first kappa shape index (κ1) is 22.3. The van der Waals surface area contributed by atoms with E-state index in [1.807, 2.05) is 0 Å². The quantitative estimate of drug-likeness (QED) is 0.645. The molecular weight excluding hydrogens is 406 g/mol. The molecule has 1 aromatic heterocycles. The van der Waals surface area contributed by atoms with Gasteiger partial charge in [0, 0.05) is 10.6 Å². The Morgan fingerprint density at radius 3 is 2.28 bits per heavy atom. The third-order valence-corrected chi connectivity index (χ3v) is 3.78. The van der Waals surface area contributed by atoms with Crippen LogP contribution in [0.15, 0.2) is 30.8 Å². The number of nitrogens with zero attached hydrogens (tertiary/aromatic N) is 1. The van der Waals surface area contributed by atoms with Gasteiger partial charge in [-0.1, -0.05) is 30.3 Å². The molecule has 6 nitrogen and oxygen atoms in total. The van der Waals surface area contributed by atoms with Gasteiger partial charge in [-0.05, 0) is 32.9 Å². The summed E-state index contributed by atoms with van der Waals surface area (Å²) < 4.78 is 39.2. The number of aromatic nitrogens is 1. The van der Waals surface area contributed by atoms with Gasteiger partial charge in [0.25, 0.3) is 0 Å². The van der Waals surface area contributed by atoms with E-state index < -0.39 is 46.3 Å². The summed E-state index contributed by atoms with van der Waals surface area (Å²) in [7, 11) is 1.06. The zero-order chi connectivity index (χ0) is 21.9. The Morgan fingerprint density at radius 1 is 1.21 bits per heavy atom. The molecule has 2 aromatic rings. The van der Waals surface area contributed by atoms with Crippen LogP contribution in [0.25, 0.3) is 17.1 Å². The largest absolute Gasteiger partial charge is 0.464 e. The molecule has 154 valence electrons. The average molecular weight is 425 g/mol. The third kappa shape index (κ3) is 5.29. The van der Waals surface area contributed by atoms with E-state index in [0.29, 0.717) is 5.02 Å². The van der Waals surface area contributed by atoms with Gasteiger partial charge >= 0.3 is 12.1 Å². The van der Waals surface area contributed by atoms with E-state index in [-0.39, 0.29) is 11.3 Å². The van der Waals surface area contributed by atoms with E-state index in [1.165, 1.54) is 24.3 Å². The first-order chi connectivity index (χ1) is 13.4. The Labute approximate surface area is 171 Å². The molecule has 0 atom stereocenters. The van der Waals surface area contributed by atoms with E-state index in [4.69, 9.17) is 16.3 Å². The number of ether oxygens (including phenoxy) is 2. The smallest absolute Gasteiger partial charge is 0.412 e. The van der Waals surface area contributed by atoms with Crippen LogP contribution in [0.5, 0.6) is 0 Å². The van der Waals surface area contributed by atoms with Gasteiger partial charge in [0.1, 0.15) is 17.1 Å². The molecule has 1 aromatic carbocycles. The van der Waals surface area contributed by atoms with E-state index in [9.17, 15) is 14.0 Å². The molecule has 0 fully saturated rings. The highest BCUT2D eigenvalue weighted by Crippen LogP contribution is 2.36. The van der Waals surface area contributed by atoms with Crippen LogP contribution in [0, 0.1) is 5.82 Å². The van der Waals surface area contributed by atoms with Crippen LogP contribution in [0.3, 0.4) is 0 Å². The van der Waals surface area contributed by atoms with Gasteiger partial charge in [-0.15, -0.1) is 0 Å². The maximum atomic E-state index is 15.3. The number of nitrogens with one attached hydrogen (secondary N) is 1. The number of rotatable bonds is 4. The number of halogens is 3. The molecule has 0 aliphatic heterocycles. The number of methoxy groups -OCH3 is 1. The molecule has 0 saturated carbocycles. The molecule has 0 radical (unpaired) electrons. The molecule has 9 heteroatoms. The molecule has 29 heavy (non-hydrogen) atoms. The number of hydrogen-bond acceptors (Lipinski definition) is 5. The van der Waals surface area contributed by atoms with E-state index >= 15 is 4.39 Å². The fourth-order valence-electron chi connectivity index (χ4n) is 2.39. The molecule has 0 saturated heterocycles. The van der Waals surface area contributed by atoms with Crippen molar-refractivity contribution in [2.45, 2.75) is 26.4 Å². The summed E-state index contributed by atoms with van der Waals surface area (Å²) >= 11 is 5.85. The van der Waals surface area contributed by atoms with Crippen LogP contribution < -0.4 is 5.32 Å². The Hall–Kier alpha value is -3.00. The van der Waals surface area contributed by atoms with Crippen molar-refractivity contribution in [1.29, 1.82) is 0 Å². The number of carbonyl (C=O) groups excluding carboxylic acids is 2. The van der Waals surface area contributed by atoms with Crippen molar-refractivity contribution >= 4 is 35.2 Å². The second-order valence-corrected chi connectivity index (χ2v) is 7.34. The predicted octanol–water partition coefficient (Wildman–Crippen LogP) is 5.61. The predicted molar refractivity (Wildman–Crippen MR) is 106 cm³/mol. The molecule has 2 rings (SSSR count). The van der Waals surface area contributed by atoms with Crippen molar-refractivity contribution in [3.05, 3.63) is 52.9 Å². The summed E-state index contributed by atoms with van der Waals surface area (Å²) in [4.78, 5) is 28.3. The fourth-order valence-corrected chi connectivity index (χ4v) is 2.52. The zero-order valence-corrected chi connectivity index (χ0v) is 17.0. The number of amides is 1. The van der Waals surface area contributed by atoms with Gasteiger partial charge in [0.05, 0.1) is 18.4 Å². The van der Waals surface area contributed by atoms with Crippen LogP contribution in [0.2, 0.25) is 5.02 Å². The Balaban J connectivity index is 2.74. The number of pyridine rings is 1. The van der Waals surface area contributed by atoms with Crippen molar-refractivity contribution in [3.8, 4) is 11.3 Å². The molecule has 1 N–H and O–H groups in total. The Morgan fingerprint density at radius 2 is 1.79 bits per heavy atom. The van der Waals surface area contributed by atoms with E-state index in [2.05, 4.69) is 21.6 Å². The Kier molecular flexibility index (Phi) is 6.58. The van der Waals surface area contributed by atoms with Crippen molar-refractivity contribution in [2.24, 2.45) is 0 Å². The topological polar surface area (TPSA) is 77.5 Å². The van der Waals surface area contributed by atoms with E-state index in [1.54, 1.807) is 20.8 Å². The average Bonchev–Trinajstić information content (AvgIpc) is 2.61. The first-order valence-corrected chi connectivity index (χ1v) is 8.75. The fraction of sp³-hybridized carbons (Fsp3) is 0.250. The van der Waals surface area contributed by atoms with Gasteiger partial charge in [0.15, 0.2) is 11.5 Å². The lowest BCUT2D eigenvalue weighted by Crippen LogP contribution is -2.28. The Bertz CT molecular complexity index is 970. The lowest BCUT2D eigenvalue weighted by molar-refractivity contribution is 0.0589. The molecule has 1 heterocycles. The van der Waals surface area contributed by atoms with E-state index in [0.717, 1.165) is 7.11 Å². The first-order valence-electron chi connectivity index (χ1n) is 8.37. The van der Waals surface area contributed by atoms with Gasteiger partial charge in [-0.2, -0.15) is 0 Å². The lowest BCUT2D eigenvalue weighted by atomic mass is 10.0. The molecule has 0 unspecified atom stereocenters. The monoisotopic (exact) mass is 424 g/mol. The minimum absolute atomic E-state index is 0.236. The number of anilines is 1. The molecule has 0 bridgehead atoms. The highest BCUT2D eigenvalue weighted by atomic mass is 35.5. The maximum absolute atomic E-state index is 15.3. The summed E-state index contributed by atoms with van der Waals surface area (Å²) in [5.74, 6) is -3.31. The number of esters is 1. The third-order valence-electron chi connectivity index (χ3n) is 3.53. The minimum atomic E-state index is -1.19. The van der Waals surface area contributed by atoms with Crippen molar-refractivity contribution < 1.29 is 27.8 Å². The molecule has 1 amide bonds. The van der Waals surface area contributed by atoms with Crippen molar-refractivity contribution in [2.75, 3.05) is 12.4 Å². The molecule has 0 aliphatic rings. The normalized spacial score (nSPS) is 11.0. The SMILES string of the molecule is C=C(F)c1c(C(=O)OC)nc(-c2ccc(Cl)cc2)c(F)c1NC(=O)OC(C)(C)C. The van der Waals surface area contributed by atoms with Crippen molar-refractivity contribution in [3.63, 3.8) is 0 Å². The summed E-state index contributed by atoms with van der Waals surface area (Å²) in [5, 5.41) is 2.54. The minimum Gasteiger partial charge on any atom is -0.464 e. The highest BCUT2D eigenvalue weighted by molar-refractivity contribution is 6.30. The summed E-state index contributed by atoms with van der Waals surface area (Å²) in [6.07, 6.45) is -1.05. The highest BCUT2D eigenvalue weighted by Gasteiger charge is 2.29. The summed E-state index contributed by atoms with van der Waals surface area (Å²) in [6.45, 7) is 7.91. The van der Waals surface area contributed by atoms with Crippen LogP contribution in [-0.4, -0.2) is 29.8 Å². The van der Waals surface area contributed by atoms with Crippen LogP contribution in [0.1, 0.15) is 36.8 Å². The summed E-state index contributed by atoms with van der Waals surface area (Å²) in [6, 6.07) is 5.88. The van der Waals surface area contributed by atoms with Crippen LogP contribution >= 0.6 is 11.6 Å².